The lowest BCUT2D eigenvalue weighted by Gasteiger charge is -2.08. The Kier molecular flexibility index (Phi) is 3.76. The zero-order valence-corrected chi connectivity index (χ0v) is 10.0. The Hall–Kier alpha value is -1.11. The van der Waals surface area contributed by atoms with Crippen LogP contribution in [-0.4, -0.2) is 5.78 Å². The molecule has 2 rings (SSSR count). The molecule has 1 saturated carbocycles. The van der Waals surface area contributed by atoms with Gasteiger partial charge in [0, 0.05) is 11.5 Å². The largest absolute Gasteiger partial charge is 0.294 e. The minimum Gasteiger partial charge on any atom is -0.294 e. The van der Waals surface area contributed by atoms with Crippen molar-refractivity contribution >= 4 is 5.78 Å². The lowest BCUT2D eigenvalue weighted by Crippen LogP contribution is -2.10. The highest BCUT2D eigenvalue weighted by Crippen LogP contribution is 2.28. The summed E-state index contributed by atoms with van der Waals surface area (Å²) in [4.78, 5) is 12.1. The molecule has 86 valence electrons. The Morgan fingerprint density at radius 3 is 2.38 bits per heavy atom. The van der Waals surface area contributed by atoms with Crippen LogP contribution in [-0.2, 0) is 6.42 Å². The van der Waals surface area contributed by atoms with E-state index in [2.05, 4.69) is 19.1 Å². The number of rotatable bonds is 4. The number of Topliss-reactive ketones (excluding diaryl/α,β-unsaturated/α-hetero) is 1. The SMILES string of the molecule is CCCc1ccc(C(=O)C2CCCC2)cc1. The number of carbonyl (C=O) groups excluding carboxylic acids is 1. The third kappa shape index (κ3) is 2.52. The fourth-order valence-electron chi connectivity index (χ4n) is 2.55. The monoisotopic (exact) mass is 216 g/mol. The van der Waals surface area contributed by atoms with Gasteiger partial charge >= 0.3 is 0 Å². The topological polar surface area (TPSA) is 17.1 Å². The van der Waals surface area contributed by atoms with Crippen molar-refractivity contribution in [2.45, 2.75) is 45.4 Å². The van der Waals surface area contributed by atoms with E-state index < -0.39 is 0 Å². The predicted molar refractivity (Wildman–Crippen MR) is 66.7 cm³/mol. The van der Waals surface area contributed by atoms with Crippen LogP contribution in [0.2, 0.25) is 0 Å². The maximum atomic E-state index is 12.1. The van der Waals surface area contributed by atoms with E-state index in [4.69, 9.17) is 0 Å². The Morgan fingerprint density at radius 2 is 1.81 bits per heavy atom. The van der Waals surface area contributed by atoms with Gasteiger partial charge in [-0.1, -0.05) is 50.5 Å². The lowest BCUT2D eigenvalue weighted by molar-refractivity contribution is 0.0923. The quantitative estimate of drug-likeness (QED) is 0.695. The predicted octanol–water partition coefficient (Wildman–Crippen LogP) is 4.01. The average molecular weight is 216 g/mol. The molecule has 0 bridgehead atoms. The number of hydrogen-bond donors (Lipinski definition) is 0. The van der Waals surface area contributed by atoms with Crippen LogP contribution in [0.5, 0.6) is 0 Å². The molecule has 0 saturated heterocycles. The van der Waals surface area contributed by atoms with E-state index in [1.807, 2.05) is 12.1 Å². The van der Waals surface area contributed by atoms with Crippen LogP contribution >= 0.6 is 0 Å². The first-order chi connectivity index (χ1) is 7.81. The molecule has 0 spiro atoms. The molecule has 1 nitrogen and oxygen atoms in total. The van der Waals surface area contributed by atoms with Crippen LogP contribution in [0.15, 0.2) is 24.3 Å². The molecule has 0 heterocycles. The van der Waals surface area contributed by atoms with Gasteiger partial charge in [-0.15, -0.1) is 0 Å². The number of ketones is 1. The molecular weight excluding hydrogens is 196 g/mol. The summed E-state index contributed by atoms with van der Waals surface area (Å²) in [6.07, 6.45) is 6.91. The molecule has 0 atom stereocenters. The van der Waals surface area contributed by atoms with Gasteiger partial charge in [-0.2, -0.15) is 0 Å². The lowest BCUT2D eigenvalue weighted by atomic mass is 9.95. The highest BCUT2D eigenvalue weighted by Gasteiger charge is 2.23. The van der Waals surface area contributed by atoms with Gasteiger partial charge in [-0.05, 0) is 24.8 Å². The summed E-state index contributed by atoms with van der Waals surface area (Å²) in [5, 5.41) is 0. The van der Waals surface area contributed by atoms with Crippen LogP contribution in [0, 0.1) is 5.92 Å². The summed E-state index contributed by atoms with van der Waals surface area (Å²) in [6, 6.07) is 8.22. The summed E-state index contributed by atoms with van der Waals surface area (Å²) in [5.41, 5.74) is 2.25. The van der Waals surface area contributed by atoms with E-state index in [1.54, 1.807) is 0 Å². The number of carbonyl (C=O) groups is 1. The molecule has 1 aliphatic carbocycles. The maximum absolute atomic E-state index is 12.1. The smallest absolute Gasteiger partial charge is 0.165 e. The standard InChI is InChI=1S/C15H20O/c1-2-5-12-8-10-14(11-9-12)15(16)13-6-3-4-7-13/h8-11,13H,2-7H2,1H3. The third-order valence-corrected chi connectivity index (χ3v) is 3.50. The van der Waals surface area contributed by atoms with Gasteiger partial charge in [-0.3, -0.25) is 4.79 Å². The molecule has 1 aromatic rings. The fraction of sp³-hybridized carbons (Fsp3) is 0.533. The van der Waals surface area contributed by atoms with Crippen molar-refractivity contribution in [1.29, 1.82) is 0 Å². The minimum atomic E-state index is 0.303. The van der Waals surface area contributed by atoms with E-state index in [-0.39, 0.29) is 0 Å². The number of hydrogen-bond acceptors (Lipinski definition) is 1. The molecule has 16 heavy (non-hydrogen) atoms. The molecule has 1 heteroatoms. The summed E-state index contributed by atoms with van der Waals surface area (Å²) in [6.45, 7) is 2.18. The second-order valence-corrected chi connectivity index (χ2v) is 4.79. The van der Waals surface area contributed by atoms with Gasteiger partial charge in [-0.25, -0.2) is 0 Å². The van der Waals surface area contributed by atoms with Crippen molar-refractivity contribution in [1.82, 2.24) is 0 Å². The van der Waals surface area contributed by atoms with Crippen molar-refractivity contribution < 1.29 is 4.79 Å². The number of benzene rings is 1. The Bertz CT molecular complexity index is 344. The molecule has 1 aliphatic rings. The van der Waals surface area contributed by atoms with Crippen LogP contribution in [0.1, 0.15) is 54.9 Å². The van der Waals surface area contributed by atoms with Crippen molar-refractivity contribution in [3.05, 3.63) is 35.4 Å². The Labute approximate surface area is 97.9 Å². The minimum absolute atomic E-state index is 0.303. The Balaban J connectivity index is 2.05. The number of aryl methyl sites for hydroxylation is 1. The molecule has 0 amide bonds. The van der Waals surface area contributed by atoms with E-state index in [1.165, 1.54) is 18.4 Å². The van der Waals surface area contributed by atoms with Crippen LogP contribution in [0.3, 0.4) is 0 Å². The van der Waals surface area contributed by atoms with Crippen LogP contribution in [0.25, 0.3) is 0 Å². The maximum Gasteiger partial charge on any atom is 0.165 e. The summed E-state index contributed by atoms with van der Waals surface area (Å²) in [7, 11) is 0. The second kappa shape index (κ2) is 5.29. The van der Waals surface area contributed by atoms with Gasteiger partial charge in [0.25, 0.3) is 0 Å². The van der Waals surface area contributed by atoms with E-state index in [0.717, 1.165) is 31.2 Å². The molecule has 0 unspecified atom stereocenters. The normalized spacial score (nSPS) is 16.6. The first kappa shape index (κ1) is 11.4. The van der Waals surface area contributed by atoms with E-state index in [0.29, 0.717) is 11.7 Å². The van der Waals surface area contributed by atoms with Crippen LogP contribution in [0.4, 0.5) is 0 Å². The summed E-state index contributed by atoms with van der Waals surface area (Å²) in [5.74, 6) is 0.664. The van der Waals surface area contributed by atoms with Gasteiger partial charge in [0.1, 0.15) is 0 Å². The van der Waals surface area contributed by atoms with Gasteiger partial charge in [0.15, 0.2) is 5.78 Å². The van der Waals surface area contributed by atoms with Crippen molar-refractivity contribution in [2.24, 2.45) is 5.92 Å². The van der Waals surface area contributed by atoms with Gasteiger partial charge in [0.2, 0.25) is 0 Å². The second-order valence-electron chi connectivity index (χ2n) is 4.79. The third-order valence-electron chi connectivity index (χ3n) is 3.50. The van der Waals surface area contributed by atoms with Crippen molar-refractivity contribution in [3.8, 4) is 0 Å². The molecular formula is C15H20O. The zero-order chi connectivity index (χ0) is 11.4. The Morgan fingerprint density at radius 1 is 1.19 bits per heavy atom. The highest BCUT2D eigenvalue weighted by atomic mass is 16.1. The van der Waals surface area contributed by atoms with Crippen LogP contribution < -0.4 is 0 Å². The average Bonchev–Trinajstić information content (AvgIpc) is 2.83. The fourth-order valence-corrected chi connectivity index (χ4v) is 2.55. The zero-order valence-electron chi connectivity index (χ0n) is 10.0. The summed E-state index contributed by atoms with van der Waals surface area (Å²) < 4.78 is 0. The first-order valence-corrected chi connectivity index (χ1v) is 6.44. The van der Waals surface area contributed by atoms with Crippen molar-refractivity contribution in [2.75, 3.05) is 0 Å². The summed E-state index contributed by atoms with van der Waals surface area (Å²) >= 11 is 0. The molecule has 0 aromatic heterocycles. The van der Waals surface area contributed by atoms with Crippen molar-refractivity contribution in [3.63, 3.8) is 0 Å². The van der Waals surface area contributed by atoms with Gasteiger partial charge < -0.3 is 0 Å². The molecule has 1 fully saturated rings. The molecule has 0 N–H and O–H groups in total. The first-order valence-electron chi connectivity index (χ1n) is 6.44. The van der Waals surface area contributed by atoms with E-state index >= 15 is 0 Å². The van der Waals surface area contributed by atoms with E-state index in [9.17, 15) is 4.79 Å². The highest BCUT2D eigenvalue weighted by molar-refractivity contribution is 5.98. The molecule has 0 radical (unpaired) electrons. The molecule has 0 aliphatic heterocycles. The molecule has 1 aromatic carbocycles. The van der Waals surface area contributed by atoms with Gasteiger partial charge in [0.05, 0.1) is 0 Å².